The molecule has 3 saturated carbocycles. The van der Waals surface area contributed by atoms with Crippen LogP contribution >= 0.6 is 0 Å². The summed E-state index contributed by atoms with van der Waals surface area (Å²) in [5.74, 6) is 0.916. The summed E-state index contributed by atoms with van der Waals surface area (Å²) in [6, 6.07) is 1.23. The van der Waals surface area contributed by atoms with Gasteiger partial charge in [0.15, 0.2) is 0 Å². The van der Waals surface area contributed by atoms with Gasteiger partial charge in [-0.15, -0.1) is 0 Å². The van der Waals surface area contributed by atoms with Gasteiger partial charge in [0.05, 0.1) is 0 Å². The van der Waals surface area contributed by atoms with Crippen molar-refractivity contribution in [3.8, 4) is 0 Å². The average molecular weight is 278 g/mol. The maximum Gasteiger partial charge on any atom is 0.220 e. The van der Waals surface area contributed by atoms with Gasteiger partial charge in [0.1, 0.15) is 0 Å². The number of primary amides is 1. The number of amides is 1. The van der Waals surface area contributed by atoms with Crippen molar-refractivity contribution in [3.05, 3.63) is 0 Å². The van der Waals surface area contributed by atoms with E-state index >= 15 is 0 Å². The van der Waals surface area contributed by atoms with Crippen LogP contribution in [0.3, 0.4) is 0 Å². The molecular weight excluding hydrogens is 248 g/mol. The number of carbonyl (C=O) groups is 1. The van der Waals surface area contributed by atoms with E-state index in [4.69, 9.17) is 5.73 Å². The molecule has 0 aromatic rings. The number of carbonyl (C=O) groups excluding carboxylic acids is 1. The molecule has 0 aromatic heterocycles. The smallest absolute Gasteiger partial charge is 0.220 e. The molecule has 1 unspecified atom stereocenters. The normalized spacial score (nSPS) is 46.5. The van der Waals surface area contributed by atoms with Crippen LogP contribution < -0.4 is 11.1 Å². The van der Waals surface area contributed by atoms with Crippen molar-refractivity contribution in [1.29, 1.82) is 0 Å². The quantitative estimate of drug-likeness (QED) is 0.834. The molecule has 3 heteroatoms. The minimum absolute atomic E-state index is 0.101. The van der Waals surface area contributed by atoms with Crippen molar-refractivity contribution in [1.82, 2.24) is 5.32 Å². The molecule has 20 heavy (non-hydrogen) atoms. The second-order valence-corrected chi connectivity index (χ2v) is 8.47. The molecule has 0 aromatic carbocycles. The maximum atomic E-state index is 11.3. The van der Waals surface area contributed by atoms with E-state index in [2.05, 4.69) is 26.1 Å². The fourth-order valence-corrected chi connectivity index (χ4v) is 5.50. The number of rotatable bonds is 3. The van der Waals surface area contributed by atoms with Crippen LogP contribution in [0.15, 0.2) is 0 Å². The lowest BCUT2D eigenvalue weighted by molar-refractivity contribution is -0.122. The largest absolute Gasteiger partial charge is 0.369 e. The Balaban J connectivity index is 1.63. The Morgan fingerprint density at radius 1 is 1.10 bits per heavy atom. The minimum Gasteiger partial charge on any atom is -0.369 e. The van der Waals surface area contributed by atoms with Crippen molar-refractivity contribution in [2.75, 3.05) is 0 Å². The van der Waals surface area contributed by atoms with Crippen molar-refractivity contribution >= 4 is 5.91 Å². The average Bonchev–Trinajstić information content (AvgIpc) is 2.86. The summed E-state index contributed by atoms with van der Waals surface area (Å²) in [5, 5.41) is 3.99. The van der Waals surface area contributed by atoms with Crippen molar-refractivity contribution in [3.63, 3.8) is 0 Å². The molecule has 3 nitrogen and oxygen atoms in total. The maximum absolute atomic E-state index is 11.3. The summed E-state index contributed by atoms with van der Waals surface area (Å²) in [4.78, 5) is 11.3. The van der Waals surface area contributed by atoms with Crippen LogP contribution in [0.4, 0.5) is 0 Å². The molecule has 3 atom stereocenters. The van der Waals surface area contributed by atoms with E-state index < -0.39 is 0 Å². The van der Waals surface area contributed by atoms with E-state index in [1.807, 2.05) is 0 Å². The third-order valence-corrected chi connectivity index (χ3v) is 6.80. The van der Waals surface area contributed by atoms with Crippen molar-refractivity contribution in [2.45, 2.75) is 77.8 Å². The minimum atomic E-state index is -0.101. The van der Waals surface area contributed by atoms with Crippen LogP contribution in [-0.4, -0.2) is 18.0 Å². The molecule has 0 heterocycles. The zero-order chi connectivity index (χ0) is 14.5. The van der Waals surface area contributed by atoms with Crippen LogP contribution in [0, 0.1) is 22.7 Å². The van der Waals surface area contributed by atoms with Crippen LogP contribution in [0.25, 0.3) is 0 Å². The van der Waals surface area contributed by atoms with Gasteiger partial charge in [0.25, 0.3) is 0 Å². The summed E-state index contributed by atoms with van der Waals surface area (Å²) in [6.45, 7) is 7.39. The van der Waals surface area contributed by atoms with Gasteiger partial charge in [-0.1, -0.05) is 20.8 Å². The summed E-state index contributed by atoms with van der Waals surface area (Å²) >= 11 is 0. The molecule has 1 amide bonds. The zero-order valence-electron chi connectivity index (χ0n) is 13.2. The summed E-state index contributed by atoms with van der Waals surface area (Å²) in [5.41, 5.74) is 6.35. The lowest BCUT2D eigenvalue weighted by Crippen LogP contribution is -2.54. The van der Waals surface area contributed by atoms with Crippen molar-refractivity contribution in [2.24, 2.45) is 28.4 Å². The molecule has 0 saturated heterocycles. The van der Waals surface area contributed by atoms with Gasteiger partial charge >= 0.3 is 0 Å². The molecule has 114 valence electrons. The van der Waals surface area contributed by atoms with Gasteiger partial charge in [-0.25, -0.2) is 0 Å². The predicted molar refractivity (Wildman–Crippen MR) is 81.1 cm³/mol. The molecule has 0 spiro atoms. The highest BCUT2D eigenvalue weighted by molar-refractivity contribution is 5.76. The standard InChI is InChI=1S/C17H30N2O/c1-16(2)12-8-9-17(3,10-12)15(16)19-13-6-4-11(5-7-13)14(18)20/h11-13,15,19H,4-10H2,1-3H3,(H2,18,20)/t11?,12-,13?,15?,17+/m0/s1. The molecule has 3 fully saturated rings. The first-order valence-electron chi connectivity index (χ1n) is 8.38. The van der Waals surface area contributed by atoms with Gasteiger partial charge in [-0.2, -0.15) is 0 Å². The number of nitrogens with one attached hydrogen (secondary N) is 1. The number of fused-ring (bicyclic) bond motifs is 2. The van der Waals surface area contributed by atoms with E-state index in [0.717, 1.165) is 31.6 Å². The van der Waals surface area contributed by atoms with E-state index in [1.165, 1.54) is 19.3 Å². The van der Waals surface area contributed by atoms with Crippen LogP contribution in [0.5, 0.6) is 0 Å². The lowest BCUT2D eigenvalue weighted by atomic mass is 9.68. The Kier molecular flexibility index (Phi) is 3.39. The summed E-state index contributed by atoms with van der Waals surface area (Å²) in [6.07, 6.45) is 8.36. The van der Waals surface area contributed by atoms with Gasteiger partial charge in [0, 0.05) is 18.0 Å². The predicted octanol–water partition coefficient (Wildman–Crippen LogP) is 2.83. The highest BCUT2D eigenvalue weighted by Crippen LogP contribution is 2.62. The van der Waals surface area contributed by atoms with Crippen LogP contribution in [0.1, 0.15) is 65.7 Å². The van der Waals surface area contributed by atoms with Crippen LogP contribution in [0.2, 0.25) is 0 Å². The summed E-state index contributed by atoms with van der Waals surface area (Å²) < 4.78 is 0. The molecule has 3 N–H and O–H groups in total. The van der Waals surface area contributed by atoms with E-state index in [-0.39, 0.29) is 11.8 Å². The monoisotopic (exact) mass is 278 g/mol. The molecular formula is C17H30N2O. The Hall–Kier alpha value is -0.570. The third-order valence-electron chi connectivity index (χ3n) is 6.80. The number of hydrogen-bond acceptors (Lipinski definition) is 2. The SMILES string of the molecule is CC1(C)C(NC2CCC(C(N)=O)CC2)[C@]2(C)CC[C@H]1C2. The highest BCUT2D eigenvalue weighted by atomic mass is 16.1. The highest BCUT2D eigenvalue weighted by Gasteiger charge is 2.59. The molecule has 3 rings (SSSR count). The topological polar surface area (TPSA) is 55.1 Å². The van der Waals surface area contributed by atoms with E-state index in [1.54, 1.807) is 0 Å². The molecule has 0 aliphatic heterocycles. The number of hydrogen-bond donors (Lipinski definition) is 2. The van der Waals surface area contributed by atoms with E-state index in [0.29, 0.717) is 22.9 Å². The zero-order valence-corrected chi connectivity index (χ0v) is 13.2. The molecule has 2 bridgehead atoms. The van der Waals surface area contributed by atoms with Gasteiger partial charge in [-0.05, 0) is 61.7 Å². The Labute approximate surface area is 123 Å². The second kappa shape index (κ2) is 4.72. The fraction of sp³-hybridized carbons (Fsp3) is 0.941. The van der Waals surface area contributed by atoms with Crippen LogP contribution in [-0.2, 0) is 4.79 Å². The molecule has 3 aliphatic rings. The first-order chi connectivity index (χ1) is 9.33. The van der Waals surface area contributed by atoms with Crippen molar-refractivity contribution < 1.29 is 4.79 Å². The molecule has 3 aliphatic carbocycles. The number of nitrogens with two attached hydrogens (primary N) is 1. The summed E-state index contributed by atoms with van der Waals surface area (Å²) in [7, 11) is 0. The lowest BCUT2D eigenvalue weighted by Gasteiger charge is -2.46. The van der Waals surface area contributed by atoms with Gasteiger partial charge < -0.3 is 11.1 Å². The second-order valence-electron chi connectivity index (χ2n) is 8.47. The van der Waals surface area contributed by atoms with Gasteiger partial charge in [0.2, 0.25) is 5.91 Å². The first kappa shape index (κ1) is 14.4. The molecule has 0 radical (unpaired) electrons. The Bertz CT molecular complexity index is 393. The van der Waals surface area contributed by atoms with Gasteiger partial charge in [-0.3, -0.25) is 4.79 Å². The van der Waals surface area contributed by atoms with E-state index in [9.17, 15) is 4.79 Å². The Morgan fingerprint density at radius 2 is 1.75 bits per heavy atom. The fourth-order valence-electron chi connectivity index (χ4n) is 5.50. The Morgan fingerprint density at radius 3 is 2.25 bits per heavy atom. The third kappa shape index (κ3) is 2.18. The first-order valence-corrected chi connectivity index (χ1v) is 8.38.